The minimum atomic E-state index is -3.70. The molecule has 0 atom stereocenters. The first-order valence-electron chi connectivity index (χ1n) is 6.76. The topological polar surface area (TPSA) is 105 Å². The van der Waals surface area contributed by atoms with Crippen LogP contribution in [0.3, 0.4) is 0 Å². The number of sulfonamides is 1. The lowest BCUT2D eigenvalue weighted by Gasteiger charge is -2.03. The summed E-state index contributed by atoms with van der Waals surface area (Å²) in [5.41, 5.74) is 1.96. The largest absolute Gasteiger partial charge is 0.508 e. The molecule has 0 aromatic heterocycles. The minimum absolute atomic E-state index is 0.0290. The van der Waals surface area contributed by atoms with Crippen molar-refractivity contribution in [2.75, 3.05) is 0 Å². The van der Waals surface area contributed by atoms with Gasteiger partial charge in [-0.25, -0.2) is 13.6 Å². The highest BCUT2D eigenvalue weighted by Crippen LogP contribution is 2.26. The lowest BCUT2D eigenvalue weighted by molar-refractivity contribution is 0.467. The van der Waals surface area contributed by atoms with E-state index >= 15 is 0 Å². The molecule has 2 aromatic carbocycles. The summed E-state index contributed by atoms with van der Waals surface area (Å²) in [7, 11) is -3.70. The molecule has 0 saturated carbocycles. The fourth-order valence-corrected chi connectivity index (χ4v) is 2.44. The number of azo groups is 1. The lowest BCUT2D eigenvalue weighted by atomic mass is 10.1. The molecule has 2 rings (SSSR count). The standard InChI is InChI=1S/C15H17N3O3S/c1-2-3-11-10-13(6-9-15(11)19)18-17-12-4-7-14(8-5-12)22(16,20)21/h4-10,19H,2-3H2,1H3,(H2,16,20,21). The summed E-state index contributed by atoms with van der Waals surface area (Å²) in [6.07, 6.45) is 1.68. The van der Waals surface area contributed by atoms with Crippen molar-refractivity contribution in [3.63, 3.8) is 0 Å². The molecule has 22 heavy (non-hydrogen) atoms. The van der Waals surface area contributed by atoms with Crippen LogP contribution in [0.15, 0.2) is 57.6 Å². The second-order valence-corrected chi connectivity index (χ2v) is 6.36. The Morgan fingerprint density at radius 1 is 1.05 bits per heavy atom. The van der Waals surface area contributed by atoms with Crippen LogP contribution in [-0.4, -0.2) is 13.5 Å². The molecule has 0 saturated heterocycles. The van der Waals surface area contributed by atoms with Crippen LogP contribution in [0, 0.1) is 0 Å². The highest BCUT2D eigenvalue weighted by molar-refractivity contribution is 7.89. The smallest absolute Gasteiger partial charge is 0.238 e. The maximum atomic E-state index is 11.2. The van der Waals surface area contributed by atoms with Crippen LogP contribution in [0.2, 0.25) is 0 Å². The van der Waals surface area contributed by atoms with Crippen LogP contribution < -0.4 is 5.14 Å². The van der Waals surface area contributed by atoms with Crippen LogP contribution in [0.4, 0.5) is 11.4 Å². The Hall–Kier alpha value is -2.25. The Balaban J connectivity index is 2.20. The van der Waals surface area contributed by atoms with Crippen molar-refractivity contribution in [3.05, 3.63) is 48.0 Å². The highest BCUT2D eigenvalue weighted by Gasteiger charge is 2.06. The van der Waals surface area contributed by atoms with E-state index in [2.05, 4.69) is 10.2 Å². The summed E-state index contributed by atoms with van der Waals surface area (Å²) in [5, 5.41) is 22.9. The van der Waals surface area contributed by atoms with Gasteiger partial charge in [0, 0.05) is 0 Å². The molecule has 2 aromatic rings. The minimum Gasteiger partial charge on any atom is -0.508 e. The summed E-state index contributed by atoms with van der Waals surface area (Å²) in [5.74, 6) is 0.248. The fraction of sp³-hybridized carbons (Fsp3) is 0.200. The van der Waals surface area contributed by atoms with E-state index in [0.29, 0.717) is 11.4 Å². The van der Waals surface area contributed by atoms with E-state index in [4.69, 9.17) is 5.14 Å². The molecular weight excluding hydrogens is 302 g/mol. The van der Waals surface area contributed by atoms with E-state index in [1.807, 2.05) is 6.92 Å². The number of aromatic hydroxyl groups is 1. The van der Waals surface area contributed by atoms with Crippen molar-refractivity contribution in [1.29, 1.82) is 0 Å². The van der Waals surface area contributed by atoms with Crippen LogP contribution in [0.5, 0.6) is 5.75 Å². The van der Waals surface area contributed by atoms with Gasteiger partial charge in [-0.3, -0.25) is 0 Å². The summed E-state index contributed by atoms with van der Waals surface area (Å²) in [6, 6.07) is 10.8. The van der Waals surface area contributed by atoms with Crippen molar-refractivity contribution < 1.29 is 13.5 Å². The van der Waals surface area contributed by atoms with E-state index in [9.17, 15) is 13.5 Å². The normalized spacial score (nSPS) is 11.9. The van der Waals surface area contributed by atoms with E-state index in [-0.39, 0.29) is 10.6 Å². The zero-order valence-electron chi connectivity index (χ0n) is 12.1. The van der Waals surface area contributed by atoms with E-state index in [1.165, 1.54) is 24.3 Å². The Morgan fingerprint density at radius 2 is 1.64 bits per heavy atom. The van der Waals surface area contributed by atoms with Gasteiger partial charge in [-0.05, 0) is 54.4 Å². The van der Waals surface area contributed by atoms with E-state index in [1.54, 1.807) is 18.2 Å². The Bertz CT molecular complexity index is 784. The number of hydrogen-bond donors (Lipinski definition) is 2. The van der Waals surface area contributed by atoms with Crippen LogP contribution in [0.1, 0.15) is 18.9 Å². The maximum absolute atomic E-state index is 11.2. The van der Waals surface area contributed by atoms with Gasteiger partial charge < -0.3 is 5.11 Å². The molecule has 0 spiro atoms. The molecule has 0 aliphatic heterocycles. The molecule has 0 unspecified atom stereocenters. The number of aryl methyl sites for hydroxylation is 1. The highest BCUT2D eigenvalue weighted by atomic mass is 32.2. The summed E-state index contributed by atoms with van der Waals surface area (Å²) < 4.78 is 22.3. The van der Waals surface area contributed by atoms with Gasteiger partial charge >= 0.3 is 0 Å². The number of nitrogens with two attached hydrogens (primary N) is 1. The van der Waals surface area contributed by atoms with Crippen LogP contribution >= 0.6 is 0 Å². The molecule has 0 aliphatic rings. The zero-order valence-corrected chi connectivity index (χ0v) is 12.9. The second kappa shape index (κ2) is 6.67. The van der Waals surface area contributed by atoms with E-state index in [0.717, 1.165) is 18.4 Å². The first-order valence-corrected chi connectivity index (χ1v) is 8.31. The average Bonchev–Trinajstić information content (AvgIpc) is 2.48. The number of phenolic OH excluding ortho intramolecular Hbond substituents is 1. The summed E-state index contributed by atoms with van der Waals surface area (Å²) in [6.45, 7) is 2.03. The summed E-state index contributed by atoms with van der Waals surface area (Å²) >= 11 is 0. The Morgan fingerprint density at radius 3 is 2.23 bits per heavy atom. The number of hydrogen-bond acceptors (Lipinski definition) is 5. The van der Waals surface area contributed by atoms with Crippen molar-refractivity contribution in [2.45, 2.75) is 24.7 Å². The SMILES string of the molecule is CCCc1cc(N=Nc2ccc(S(N)(=O)=O)cc2)ccc1O. The fourth-order valence-electron chi connectivity index (χ4n) is 1.92. The molecule has 0 aliphatic carbocycles. The molecule has 6 nitrogen and oxygen atoms in total. The Labute approximate surface area is 129 Å². The molecule has 0 amide bonds. The lowest BCUT2D eigenvalue weighted by Crippen LogP contribution is -2.11. The number of nitrogens with zero attached hydrogens (tertiary/aromatic N) is 2. The monoisotopic (exact) mass is 319 g/mol. The summed E-state index contributed by atoms with van der Waals surface area (Å²) in [4.78, 5) is 0.0290. The predicted octanol–water partition coefficient (Wildman–Crippen LogP) is 3.41. The van der Waals surface area contributed by atoms with Gasteiger partial charge in [-0.2, -0.15) is 10.2 Å². The van der Waals surface area contributed by atoms with Crippen molar-refractivity contribution >= 4 is 21.4 Å². The van der Waals surface area contributed by atoms with Gasteiger partial charge in [0.1, 0.15) is 5.75 Å². The first kappa shape index (κ1) is 16.1. The van der Waals surface area contributed by atoms with Gasteiger partial charge in [-0.1, -0.05) is 13.3 Å². The van der Waals surface area contributed by atoms with E-state index < -0.39 is 10.0 Å². The van der Waals surface area contributed by atoms with Crippen molar-refractivity contribution in [3.8, 4) is 5.75 Å². The maximum Gasteiger partial charge on any atom is 0.238 e. The molecule has 0 radical (unpaired) electrons. The quantitative estimate of drug-likeness (QED) is 0.825. The predicted molar refractivity (Wildman–Crippen MR) is 84.1 cm³/mol. The number of primary sulfonamides is 1. The van der Waals surface area contributed by atoms with Gasteiger partial charge in [0.25, 0.3) is 0 Å². The molecule has 7 heteroatoms. The molecule has 3 N–H and O–H groups in total. The molecule has 116 valence electrons. The number of rotatable bonds is 5. The number of phenols is 1. The third kappa shape index (κ3) is 4.12. The molecule has 0 heterocycles. The van der Waals surface area contributed by atoms with Crippen LogP contribution in [0.25, 0.3) is 0 Å². The molecule has 0 fully saturated rings. The van der Waals surface area contributed by atoms with Crippen LogP contribution in [-0.2, 0) is 16.4 Å². The zero-order chi connectivity index (χ0) is 16.2. The van der Waals surface area contributed by atoms with Crippen molar-refractivity contribution in [1.82, 2.24) is 0 Å². The first-order chi connectivity index (χ1) is 10.4. The van der Waals surface area contributed by atoms with Crippen molar-refractivity contribution in [2.24, 2.45) is 15.4 Å². The second-order valence-electron chi connectivity index (χ2n) is 4.80. The Kier molecular flexibility index (Phi) is 4.89. The number of benzene rings is 2. The molecule has 0 bridgehead atoms. The molecular formula is C15H17N3O3S. The van der Waals surface area contributed by atoms with Gasteiger partial charge in [0.15, 0.2) is 0 Å². The average molecular weight is 319 g/mol. The van der Waals surface area contributed by atoms with Gasteiger partial charge in [-0.15, -0.1) is 0 Å². The third-order valence-electron chi connectivity index (χ3n) is 3.03. The van der Waals surface area contributed by atoms with Gasteiger partial charge in [0.2, 0.25) is 10.0 Å². The third-order valence-corrected chi connectivity index (χ3v) is 3.96. The van der Waals surface area contributed by atoms with Gasteiger partial charge in [0.05, 0.1) is 16.3 Å².